The summed E-state index contributed by atoms with van der Waals surface area (Å²) in [5.74, 6) is -0.459. The quantitative estimate of drug-likeness (QED) is 0.750. The number of amides is 2. The van der Waals surface area contributed by atoms with Gasteiger partial charge in [-0.2, -0.15) is 0 Å². The number of methoxy groups -OCH3 is 1. The zero-order valence-corrected chi connectivity index (χ0v) is 13.3. The molecule has 116 valence electrons. The van der Waals surface area contributed by atoms with E-state index in [0.717, 1.165) is 5.56 Å². The molecule has 0 bridgehead atoms. The Labute approximate surface area is 130 Å². The largest absolute Gasteiger partial charge is 0.383 e. The lowest BCUT2D eigenvalue weighted by molar-refractivity contribution is -0.129. The molecule has 0 saturated carbocycles. The van der Waals surface area contributed by atoms with E-state index in [2.05, 4.69) is 10.6 Å². The lowest BCUT2D eigenvalue weighted by Crippen LogP contribution is -2.45. The molecule has 0 aliphatic rings. The van der Waals surface area contributed by atoms with Crippen LogP contribution >= 0.6 is 11.6 Å². The summed E-state index contributed by atoms with van der Waals surface area (Å²) in [5.41, 5.74) is 0.0985. The van der Waals surface area contributed by atoms with Gasteiger partial charge >= 0.3 is 0 Å². The van der Waals surface area contributed by atoms with Gasteiger partial charge in [0.05, 0.1) is 18.6 Å². The molecule has 1 aromatic carbocycles. The van der Waals surface area contributed by atoms with Crippen LogP contribution in [0.4, 0.5) is 0 Å². The van der Waals surface area contributed by atoms with E-state index in [1.165, 1.54) is 0 Å². The highest BCUT2D eigenvalue weighted by Gasteiger charge is 2.29. The predicted molar refractivity (Wildman–Crippen MR) is 82.4 cm³/mol. The molecule has 0 heterocycles. The molecule has 0 spiro atoms. The Morgan fingerprint density at radius 1 is 1.19 bits per heavy atom. The minimum absolute atomic E-state index is 0.0560. The van der Waals surface area contributed by atoms with Crippen molar-refractivity contribution in [2.75, 3.05) is 26.8 Å². The van der Waals surface area contributed by atoms with Gasteiger partial charge in [0, 0.05) is 18.7 Å². The molecule has 5 nitrogen and oxygen atoms in total. The summed E-state index contributed by atoms with van der Waals surface area (Å²) >= 11 is 5.84. The number of halogens is 1. The van der Waals surface area contributed by atoms with Gasteiger partial charge in [0.15, 0.2) is 0 Å². The molecule has 0 aliphatic carbocycles. The Morgan fingerprint density at radius 3 is 2.38 bits per heavy atom. The number of rotatable bonds is 7. The molecule has 0 atom stereocenters. The third kappa shape index (κ3) is 5.36. The normalized spacial score (nSPS) is 11.0. The first-order valence-corrected chi connectivity index (χ1v) is 7.05. The van der Waals surface area contributed by atoms with Crippen molar-refractivity contribution in [3.8, 4) is 0 Å². The van der Waals surface area contributed by atoms with Gasteiger partial charge in [0.25, 0.3) is 0 Å². The summed E-state index contributed by atoms with van der Waals surface area (Å²) in [5, 5.41) is 5.90. The maximum absolute atomic E-state index is 12.2. The topological polar surface area (TPSA) is 67.4 Å². The molecule has 0 radical (unpaired) electrons. The Hall–Kier alpha value is -1.59. The summed E-state index contributed by atoms with van der Waals surface area (Å²) in [6.07, 6.45) is 0. The van der Waals surface area contributed by atoms with E-state index < -0.39 is 5.41 Å². The predicted octanol–water partition coefficient (Wildman–Crippen LogP) is 1.50. The summed E-state index contributed by atoms with van der Waals surface area (Å²) in [6, 6.07) is 7.09. The van der Waals surface area contributed by atoms with E-state index in [-0.39, 0.29) is 18.4 Å². The Morgan fingerprint density at radius 2 is 1.81 bits per heavy atom. The highest BCUT2D eigenvalue weighted by atomic mass is 35.5. The summed E-state index contributed by atoms with van der Waals surface area (Å²) < 4.78 is 4.83. The van der Waals surface area contributed by atoms with E-state index in [0.29, 0.717) is 18.2 Å². The molecule has 6 heteroatoms. The molecule has 21 heavy (non-hydrogen) atoms. The fourth-order valence-electron chi connectivity index (χ4n) is 1.73. The Kier molecular flexibility index (Phi) is 6.65. The van der Waals surface area contributed by atoms with Crippen molar-refractivity contribution in [2.45, 2.75) is 19.3 Å². The molecule has 2 N–H and O–H groups in total. The standard InChI is InChI=1S/C15H21ClN2O3/c1-15(2,11-4-6-12(16)7-5-11)14(20)18-10-13(19)17-8-9-21-3/h4-7H,8-10H2,1-3H3,(H,17,19)(H,18,20). The van der Waals surface area contributed by atoms with Crippen LogP contribution < -0.4 is 10.6 Å². The zero-order valence-electron chi connectivity index (χ0n) is 12.5. The van der Waals surface area contributed by atoms with Crippen molar-refractivity contribution in [2.24, 2.45) is 0 Å². The second-order valence-corrected chi connectivity index (χ2v) is 5.59. The van der Waals surface area contributed by atoms with Gasteiger partial charge in [0.1, 0.15) is 0 Å². The monoisotopic (exact) mass is 312 g/mol. The first-order chi connectivity index (χ1) is 9.87. The Bertz CT molecular complexity index is 486. The van der Waals surface area contributed by atoms with Gasteiger partial charge in [-0.1, -0.05) is 23.7 Å². The molecule has 0 fully saturated rings. The van der Waals surface area contributed by atoms with E-state index >= 15 is 0 Å². The van der Waals surface area contributed by atoms with Gasteiger partial charge in [-0.25, -0.2) is 0 Å². The third-order valence-corrected chi connectivity index (χ3v) is 3.42. The zero-order chi connectivity index (χ0) is 15.9. The number of hydrogen-bond acceptors (Lipinski definition) is 3. The number of benzene rings is 1. The van der Waals surface area contributed by atoms with Gasteiger partial charge in [-0.3, -0.25) is 9.59 Å². The first kappa shape index (κ1) is 17.5. The summed E-state index contributed by atoms with van der Waals surface area (Å²) in [4.78, 5) is 23.8. The van der Waals surface area contributed by atoms with Crippen molar-refractivity contribution in [3.05, 3.63) is 34.9 Å². The third-order valence-electron chi connectivity index (χ3n) is 3.17. The maximum atomic E-state index is 12.2. The van der Waals surface area contributed by atoms with Crippen LogP contribution in [0.25, 0.3) is 0 Å². The summed E-state index contributed by atoms with van der Waals surface area (Å²) in [7, 11) is 1.56. The molecule has 0 aromatic heterocycles. The number of carbonyl (C=O) groups excluding carboxylic acids is 2. The number of nitrogens with one attached hydrogen (secondary N) is 2. The Balaban J connectivity index is 2.53. The molecule has 0 aliphatic heterocycles. The van der Waals surface area contributed by atoms with Gasteiger partial charge < -0.3 is 15.4 Å². The van der Waals surface area contributed by atoms with E-state index in [1.54, 1.807) is 45.2 Å². The molecular formula is C15H21ClN2O3. The average Bonchev–Trinajstić information content (AvgIpc) is 2.45. The van der Waals surface area contributed by atoms with Crippen LogP contribution in [0.2, 0.25) is 5.02 Å². The van der Waals surface area contributed by atoms with Crippen LogP contribution in [0, 0.1) is 0 Å². The fraction of sp³-hybridized carbons (Fsp3) is 0.467. The SMILES string of the molecule is COCCNC(=O)CNC(=O)C(C)(C)c1ccc(Cl)cc1. The van der Waals surface area contributed by atoms with Crippen LogP contribution in [0.15, 0.2) is 24.3 Å². The highest BCUT2D eigenvalue weighted by Crippen LogP contribution is 2.24. The number of hydrogen-bond donors (Lipinski definition) is 2. The van der Waals surface area contributed by atoms with Crippen LogP contribution in [-0.4, -0.2) is 38.6 Å². The fourth-order valence-corrected chi connectivity index (χ4v) is 1.86. The lowest BCUT2D eigenvalue weighted by Gasteiger charge is -2.24. The van der Waals surface area contributed by atoms with E-state index in [9.17, 15) is 9.59 Å². The number of ether oxygens (including phenoxy) is 1. The highest BCUT2D eigenvalue weighted by molar-refractivity contribution is 6.30. The van der Waals surface area contributed by atoms with Crippen LogP contribution in [0.3, 0.4) is 0 Å². The lowest BCUT2D eigenvalue weighted by atomic mass is 9.84. The minimum Gasteiger partial charge on any atom is -0.383 e. The van der Waals surface area contributed by atoms with Crippen LogP contribution in [0.5, 0.6) is 0 Å². The van der Waals surface area contributed by atoms with Gasteiger partial charge in [0.2, 0.25) is 11.8 Å². The van der Waals surface area contributed by atoms with E-state index in [1.807, 2.05) is 0 Å². The van der Waals surface area contributed by atoms with Crippen LogP contribution in [-0.2, 0) is 19.7 Å². The second-order valence-electron chi connectivity index (χ2n) is 5.16. The molecule has 0 unspecified atom stereocenters. The van der Waals surface area contributed by atoms with Crippen molar-refractivity contribution < 1.29 is 14.3 Å². The van der Waals surface area contributed by atoms with Crippen molar-refractivity contribution >= 4 is 23.4 Å². The van der Waals surface area contributed by atoms with Crippen LogP contribution in [0.1, 0.15) is 19.4 Å². The smallest absolute Gasteiger partial charge is 0.239 e. The molecule has 1 rings (SSSR count). The molecule has 1 aromatic rings. The van der Waals surface area contributed by atoms with Crippen molar-refractivity contribution in [3.63, 3.8) is 0 Å². The van der Waals surface area contributed by atoms with Crippen molar-refractivity contribution in [1.82, 2.24) is 10.6 Å². The second kappa shape index (κ2) is 8.00. The summed E-state index contributed by atoms with van der Waals surface area (Å²) in [6.45, 7) is 4.41. The van der Waals surface area contributed by atoms with E-state index in [4.69, 9.17) is 16.3 Å². The number of carbonyl (C=O) groups is 2. The van der Waals surface area contributed by atoms with Gasteiger partial charge in [-0.05, 0) is 31.5 Å². The first-order valence-electron chi connectivity index (χ1n) is 6.68. The average molecular weight is 313 g/mol. The van der Waals surface area contributed by atoms with Crippen molar-refractivity contribution in [1.29, 1.82) is 0 Å². The maximum Gasteiger partial charge on any atom is 0.239 e. The molecule has 0 saturated heterocycles. The molecule has 2 amide bonds. The van der Waals surface area contributed by atoms with Gasteiger partial charge in [-0.15, -0.1) is 0 Å². The molecular weight excluding hydrogens is 292 g/mol. The minimum atomic E-state index is -0.739.